The highest BCUT2D eigenvalue weighted by molar-refractivity contribution is 5.83. The minimum Gasteiger partial charge on any atom is -0.466 e. The maximum Gasteiger partial charge on any atom is 0.328 e. The maximum atomic E-state index is 11.6. The molecule has 1 amide bonds. The molecule has 6 nitrogen and oxygen atoms in total. The zero-order valence-corrected chi connectivity index (χ0v) is 11.2. The molecular formula is C12H21NO5. The highest BCUT2D eigenvalue weighted by Gasteiger charge is 2.22. The molecular weight excluding hydrogens is 238 g/mol. The van der Waals surface area contributed by atoms with Crippen LogP contribution in [0.1, 0.15) is 40.0 Å². The van der Waals surface area contributed by atoms with Gasteiger partial charge in [0.05, 0.1) is 13.2 Å². The van der Waals surface area contributed by atoms with E-state index in [0.717, 1.165) is 0 Å². The number of carbonyl (C=O) groups is 3. The van der Waals surface area contributed by atoms with E-state index in [-0.39, 0.29) is 18.7 Å². The molecule has 1 unspecified atom stereocenters. The van der Waals surface area contributed by atoms with Crippen molar-refractivity contribution in [2.75, 3.05) is 13.2 Å². The van der Waals surface area contributed by atoms with Crippen molar-refractivity contribution in [3.05, 3.63) is 0 Å². The van der Waals surface area contributed by atoms with Gasteiger partial charge in [-0.3, -0.25) is 9.59 Å². The van der Waals surface area contributed by atoms with Gasteiger partial charge in [-0.1, -0.05) is 6.92 Å². The van der Waals surface area contributed by atoms with Gasteiger partial charge in [-0.15, -0.1) is 0 Å². The molecule has 0 aliphatic rings. The van der Waals surface area contributed by atoms with Crippen LogP contribution in [0, 0.1) is 0 Å². The van der Waals surface area contributed by atoms with Crippen LogP contribution < -0.4 is 5.32 Å². The van der Waals surface area contributed by atoms with Gasteiger partial charge in [0.15, 0.2) is 0 Å². The maximum absolute atomic E-state index is 11.6. The molecule has 0 aliphatic carbocycles. The molecule has 0 fully saturated rings. The van der Waals surface area contributed by atoms with Crippen LogP contribution in [0.3, 0.4) is 0 Å². The predicted molar refractivity (Wildman–Crippen MR) is 64.7 cm³/mol. The molecule has 104 valence electrons. The van der Waals surface area contributed by atoms with Gasteiger partial charge in [0, 0.05) is 13.3 Å². The van der Waals surface area contributed by atoms with Crippen LogP contribution >= 0.6 is 0 Å². The molecule has 0 heterocycles. The van der Waals surface area contributed by atoms with Crippen LogP contribution in [0.2, 0.25) is 0 Å². The van der Waals surface area contributed by atoms with Gasteiger partial charge in [0.25, 0.3) is 0 Å². The molecule has 0 saturated heterocycles. The summed E-state index contributed by atoms with van der Waals surface area (Å²) >= 11 is 0. The van der Waals surface area contributed by atoms with E-state index in [0.29, 0.717) is 19.6 Å². The van der Waals surface area contributed by atoms with Gasteiger partial charge < -0.3 is 14.8 Å². The molecule has 6 heteroatoms. The summed E-state index contributed by atoms with van der Waals surface area (Å²) in [6, 6.07) is -0.793. The van der Waals surface area contributed by atoms with E-state index in [1.54, 1.807) is 6.92 Å². The topological polar surface area (TPSA) is 81.7 Å². The number of amides is 1. The van der Waals surface area contributed by atoms with Gasteiger partial charge in [-0.25, -0.2) is 4.79 Å². The number of carbonyl (C=O) groups excluding carboxylic acids is 3. The first-order valence-electron chi connectivity index (χ1n) is 6.10. The lowest BCUT2D eigenvalue weighted by atomic mass is 10.1. The summed E-state index contributed by atoms with van der Waals surface area (Å²) < 4.78 is 9.70. The largest absolute Gasteiger partial charge is 0.466 e. The predicted octanol–water partition coefficient (Wildman–Crippen LogP) is 0.788. The fourth-order valence-electron chi connectivity index (χ4n) is 1.29. The van der Waals surface area contributed by atoms with Crippen molar-refractivity contribution in [2.45, 2.75) is 46.1 Å². The molecule has 1 N–H and O–H groups in total. The summed E-state index contributed by atoms with van der Waals surface area (Å²) in [5.74, 6) is -1.25. The first-order chi connectivity index (χ1) is 8.51. The standard InChI is InChI=1S/C12H21NO5/c1-4-8-18-12(16)10(13-9(3)14)6-7-11(15)17-5-2/h10H,4-8H2,1-3H3,(H,13,14). The van der Waals surface area contributed by atoms with Crippen molar-refractivity contribution in [2.24, 2.45) is 0 Å². The Kier molecular flexibility index (Phi) is 8.61. The summed E-state index contributed by atoms with van der Waals surface area (Å²) in [5, 5.41) is 2.46. The average Bonchev–Trinajstić information content (AvgIpc) is 2.31. The molecule has 0 rings (SSSR count). The van der Waals surface area contributed by atoms with Gasteiger partial charge in [-0.05, 0) is 19.8 Å². The van der Waals surface area contributed by atoms with Crippen LogP contribution in [0.5, 0.6) is 0 Å². The summed E-state index contributed by atoms with van der Waals surface area (Å²) in [5.41, 5.74) is 0. The Labute approximate surface area is 107 Å². The highest BCUT2D eigenvalue weighted by Crippen LogP contribution is 2.02. The van der Waals surface area contributed by atoms with Crippen molar-refractivity contribution in [3.8, 4) is 0 Å². The summed E-state index contributed by atoms with van der Waals surface area (Å²) in [6.07, 6.45) is 0.956. The van der Waals surface area contributed by atoms with Crippen molar-refractivity contribution in [3.63, 3.8) is 0 Å². The van der Waals surface area contributed by atoms with Crippen molar-refractivity contribution < 1.29 is 23.9 Å². The molecule has 0 aromatic rings. The fourth-order valence-corrected chi connectivity index (χ4v) is 1.29. The van der Waals surface area contributed by atoms with Gasteiger partial charge in [0.2, 0.25) is 5.91 Å². The van der Waals surface area contributed by atoms with Crippen molar-refractivity contribution in [1.82, 2.24) is 5.32 Å². The summed E-state index contributed by atoms with van der Waals surface area (Å²) in [6.45, 7) is 5.49. The molecule has 0 aliphatic heterocycles. The summed E-state index contributed by atoms with van der Waals surface area (Å²) in [4.78, 5) is 33.8. The molecule has 0 radical (unpaired) electrons. The zero-order chi connectivity index (χ0) is 14.0. The molecule has 0 bridgehead atoms. The minimum absolute atomic E-state index is 0.0695. The lowest BCUT2D eigenvalue weighted by molar-refractivity contribution is -0.149. The van der Waals surface area contributed by atoms with Crippen LogP contribution in [-0.2, 0) is 23.9 Å². The second-order valence-electron chi connectivity index (χ2n) is 3.76. The highest BCUT2D eigenvalue weighted by atomic mass is 16.5. The molecule has 0 aromatic heterocycles. The van der Waals surface area contributed by atoms with E-state index in [1.807, 2.05) is 6.92 Å². The quantitative estimate of drug-likeness (QED) is 0.652. The molecule has 18 heavy (non-hydrogen) atoms. The van der Waals surface area contributed by atoms with E-state index in [2.05, 4.69) is 5.32 Å². The van der Waals surface area contributed by atoms with Crippen LogP contribution in [-0.4, -0.2) is 37.1 Å². The molecule has 0 aromatic carbocycles. The SMILES string of the molecule is CCCOC(=O)C(CCC(=O)OCC)NC(C)=O. The normalized spacial score (nSPS) is 11.5. The van der Waals surface area contributed by atoms with E-state index < -0.39 is 18.0 Å². The van der Waals surface area contributed by atoms with Crippen LogP contribution in [0.25, 0.3) is 0 Å². The third kappa shape index (κ3) is 7.65. The Balaban J connectivity index is 4.25. The monoisotopic (exact) mass is 259 g/mol. The number of nitrogens with one attached hydrogen (secondary N) is 1. The average molecular weight is 259 g/mol. The number of hydrogen-bond donors (Lipinski definition) is 1. The number of esters is 2. The second-order valence-corrected chi connectivity index (χ2v) is 3.76. The molecule has 1 atom stereocenters. The number of rotatable bonds is 8. The third-order valence-electron chi connectivity index (χ3n) is 2.05. The van der Waals surface area contributed by atoms with Crippen LogP contribution in [0.4, 0.5) is 0 Å². The number of ether oxygens (including phenoxy) is 2. The van der Waals surface area contributed by atoms with Gasteiger partial charge in [0.1, 0.15) is 6.04 Å². The third-order valence-corrected chi connectivity index (χ3v) is 2.05. The molecule has 0 spiro atoms. The first-order valence-corrected chi connectivity index (χ1v) is 6.10. The lowest BCUT2D eigenvalue weighted by Crippen LogP contribution is -2.41. The Hall–Kier alpha value is -1.59. The van der Waals surface area contributed by atoms with Gasteiger partial charge in [-0.2, -0.15) is 0 Å². The minimum atomic E-state index is -0.793. The molecule has 0 saturated carbocycles. The Bertz CT molecular complexity index is 290. The summed E-state index contributed by atoms with van der Waals surface area (Å²) in [7, 11) is 0. The second kappa shape index (κ2) is 9.44. The smallest absolute Gasteiger partial charge is 0.328 e. The number of hydrogen-bond acceptors (Lipinski definition) is 5. The fraction of sp³-hybridized carbons (Fsp3) is 0.750. The van der Waals surface area contributed by atoms with E-state index >= 15 is 0 Å². The lowest BCUT2D eigenvalue weighted by Gasteiger charge is -2.16. The van der Waals surface area contributed by atoms with E-state index in [1.165, 1.54) is 6.92 Å². The van der Waals surface area contributed by atoms with Gasteiger partial charge >= 0.3 is 11.9 Å². The first kappa shape index (κ1) is 16.4. The Morgan fingerprint density at radius 2 is 1.83 bits per heavy atom. The van der Waals surface area contributed by atoms with Crippen LogP contribution in [0.15, 0.2) is 0 Å². The zero-order valence-electron chi connectivity index (χ0n) is 11.2. The van der Waals surface area contributed by atoms with E-state index in [4.69, 9.17) is 9.47 Å². The van der Waals surface area contributed by atoms with Crippen molar-refractivity contribution in [1.29, 1.82) is 0 Å². The Morgan fingerprint density at radius 1 is 1.17 bits per heavy atom. The van der Waals surface area contributed by atoms with Crippen molar-refractivity contribution >= 4 is 17.8 Å². The Morgan fingerprint density at radius 3 is 2.33 bits per heavy atom. The van der Waals surface area contributed by atoms with E-state index in [9.17, 15) is 14.4 Å².